The van der Waals surface area contributed by atoms with Crippen LogP contribution in [0.15, 0.2) is 18.2 Å². The minimum Gasteiger partial charge on any atom is -0.493 e. The van der Waals surface area contributed by atoms with Gasteiger partial charge in [-0.15, -0.1) is 0 Å². The van der Waals surface area contributed by atoms with E-state index in [1.165, 1.54) is 18.2 Å². The molecule has 3 rings (SSSR count). The molecule has 0 bridgehead atoms. The molecule has 2 fully saturated rings. The first-order valence-corrected chi connectivity index (χ1v) is 7.38. The molecule has 0 radical (unpaired) electrons. The number of carboxylic acids is 1. The summed E-state index contributed by atoms with van der Waals surface area (Å²) in [5.41, 5.74) is 0.331. The van der Waals surface area contributed by atoms with Crippen LogP contribution < -0.4 is 4.74 Å². The van der Waals surface area contributed by atoms with E-state index in [1.807, 2.05) is 0 Å². The van der Waals surface area contributed by atoms with Crippen LogP contribution in [0.2, 0.25) is 0 Å². The Morgan fingerprint density at radius 3 is 2.68 bits per heavy atom. The molecule has 1 amide bonds. The van der Waals surface area contributed by atoms with Crippen molar-refractivity contribution in [2.45, 2.75) is 19.8 Å². The third-order valence-electron chi connectivity index (χ3n) is 4.52. The number of carboxylic acid groups (broad SMARTS) is 1. The fourth-order valence-corrected chi connectivity index (χ4v) is 3.44. The Bertz CT molecular complexity index is 617. The molecule has 6 heteroatoms. The number of likely N-dealkylation sites (tertiary alicyclic amines) is 1. The second-order valence-electron chi connectivity index (χ2n) is 6.18. The second kappa shape index (κ2) is 5.26. The lowest BCUT2D eigenvalue weighted by molar-refractivity contribution is -0.157. The fraction of sp³-hybridized carbons (Fsp3) is 0.500. The zero-order valence-electron chi connectivity index (χ0n) is 12.3. The van der Waals surface area contributed by atoms with Crippen molar-refractivity contribution in [1.82, 2.24) is 4.90 Å². The lowest BCUT2D eigenvalue weighted by Crippen LogP contribution is -2.64. The van der Waals surface area contributed by atoms with E-state index in [2.05, 4.69) is 0 Å². The van der Waals surface area contributed by atoms with Crippen molar-refractivity contribution in [2.24, 2.45) is 11.3 Å². The van der Waals surface area contributed by atoms with Crippen molar-refractivity contribution in [3.05, 3.63) is 29.6 Å². The molecule has 1 heterocycles. The number of carbonyl (C=O) groups is 2. The highest BCUT2D eigenvalue weighted by Gasteiger charge is 2.55. The van der Waals surface area contributed by atoms with Gasteiger partial charge in [0.2, 0.25) is 0 Å². The lowest BCUT2D eigenvalue weighted by atomic mass is 9.57. The number of benzene rings is 1. The quantitative estimate of drug-likeness (QED) is 0.925. The van der Waals surface area contributed by atoms with Gasteiger partial charge in [-0.25, -0.2) is 4.39 Å². The highest BCUT2D eigenvalue weighted by Crippen LogP contribution is 2.52. The zero-order valence-corrected chi connectivity index (χ0v) is 12.3. The maximum Gasteiger partial charge on any atom is 0.306 e. The highest BCUT2D eigenvalue weighted by molar-refractivity contribution is 5.97. The van der Waals surface area contributed by atoms with E-state index in [4.69, 9.17) is 9.84 Å². The molecule has 118 valence electrons. The van der Waals surface area contributed by atoms with Crippen molar-refractivity contribution in [3.63, 3.8) is 0 Å². The summed E-state index contributed by atoms with van der Waals surface area (Å²) in [6, 6.07) is 3.90. The molecule has 1 aromatic rings. The number of carbonyl (C=O) groups excluding carboxylic acids is 1. The normalized spacial score (nSPS) is 19.5. The monoisotopic (exact) mass is 307 g/mol. The molecule has 0 aromatic heterocycles. The van der Waals surface area contributed by atoms with Crippen LogP contribution in [0.25, 0.3) is 0 Å². The number of amides is 1. The van der Waals surface area contributed by atoms with E-state index >= 15 is 0 Å². The summed E-state index contributed by atoms with van der Waals surface area (Å²) in [6.45, 7) is 3.27. The molecule has 2 aliphatic rings. The molecule has 1 aliphatic heterocycles. The van der Waals surface area contributed by atoms with Gasteiger partial charge in [-0.3, -0.25) is 9.59 Å². The smallest absolute Gasteiger partial charge is 0.306 e. The third kappa shape index (κ3) is 2.42. The molecule has 1 aliphatic carbocycles. The van der Waals surface area contributed by atoms with Gasteiger partial charge < -0.3 is 14.7 Å². The van der Waals surface area contributed by atoms with Crippen LogP contribution in [0.4, 0.5) is 4.39 Å². The van der Waals surface area contributed by atoms with Gasteiger partial charge in [0.1, 0.15) is 11.6 Å². The first kappa shape index (κ1) is 14.8. The van der Waals surface area contributed by atoms with E-state index in [0.717, 1.165) is 0 Å². The zero-order chi connectivity index (χ0) is 15.9. The summed E-state index contributed by atoms with van der Waals surface area (Å²) in [6.07, 6.45) is 1.27. The van der Waals surface area contributed by atoms with Crippen LogP contribution in [-0.2, 0) is 4.79 Å². The van der Waals surface area contributed by atoms with Crippen LogP contribution in [0.1, 0.15) is 30.1 Å². The average molecular weight is 307 g/mol. The number of halogens is 1. The maximum atomic E-state index is 13.3. The van der Waals surface area contributed by atoms with Gasteiger partial charge in [-0.2, -0.15) is 0 Å². The summed E-state index contributed by atoms with van der Waals surface area (Å²) >= 11 is 0. The van der Waals surface area contributed by atoms with Crippen LogP contribution in [0.5, 0.6) is 5.75 Å². The molecule has 1 spiro atoms. The van der Waals surface area contributed by atoms with Gasteiger partial charge in [-0.1, -0.05) is 0 Å². The molecule has 22 heavy (non-hydrogen) atoms. The van der Waals surface area contributed by atoms with E-state index in [1.54, 1.807) is 11.8 Å². The number of hydrogen-bond donors (Lipinski definition) is 1. The Labute approximate surface area is 127 Å². The second-order valence-corrected chi connectivity index (χ2v) is 6.18. The predicted molar refractivity (Wildman–Crippen MR) is 76.3 cm³/mol. The predicted octanol–water partition coefficient (Wildman–Crippen LogP) is 2.16. The van der Waals surface area contributed by atoms with Crippen molar-refractivity contribution < 1.29 is 23.8 Å². The SMILES string of the molecule is CCOc1cc(F)ccc1C(=O)N1CC2(CC(C(=O)O)C2)C1. The first-order chi connectivity index (χ1) is 10.4. The van der Waals surface area contributed by atoms with Crippen LogP contribution in [-0.4, -0.2) is 41.6 Å². The number of aliphatic carboxylic acids is 1. The molecule has 1 N–H and O–H groups in total. The van der Waals surface area contributed by atoms with E-state index in [9.17, 15) is 14.0 Å². The van der Waals surface area contributed by atoms with Crippen molar-refractivity contribution in [1.29, 1.82) is 0 Å². The molecule has 5 nitrogen and oxygen atoms in total. The Morgan fingerprint density at radius 2 is 2.09 bits per heavy atom. The minimum atomic E-state index is -0.757. The van der Waals surface area contributed by atoms with Gasteiger partial charge in [-0.05, 0) is 31.9 Å². The molecule has 1 aromatic carbocycles. The molecular formula is C16H18FNO4. The first-order valence-electron chi connectivity index (χ1n) is 7.38. The lowest BCUT2D eigenvalue weighted by Gasteiger charge is -2.58. The highest BCUT2D eigenvalue weighted by atomic mass is 19.1. The minimum absolute atomic E-state index is 0.0233. The Kier molecular flexibility index (Phi) is 3.54. The van der Waals surface area contributed by atoms with Crippen LogP contribution >= 0.6 is 0 Å². The number of ether oxygens (including phenoxy) is 1. The summed E-state index contributed by atoms with van der Waals surface area (Å²) in [4.78, 5) is 25.0. The summed E-state index contributed by atoms with van der Waals surface area (Å²) in [7, 11) is 0. The topological polar surface area (TPSA) is 66.8 Å². The standard InChI is InChI=1S/C16H18FNO4/c1-2-22-13-5-11(17)3-4-12(13)14(19)18-8-16(9-18)6-10(7-16)15(20)21/h3-5,10H,2,6-9H2,1H3,(H,20,21). The van der Waals surface area contributed by atoms with Crippen LogP contribution in [0, 0.1) is 17.2 Å². The van der Waals surface area contributed by atoms with Crippen LogP contribution in [0.3, 0.4) is 0 Å². The fourth-order valence-electron chi connectivity index (χ4n) is 3.44. The molecule has 0 unspecified atom stereocenters. The third-order valence-corrected chi connectivity index (χ3v) is 4.52. The average Bonchev–Trinajstić information content (AvgIpc) is 2.35. The molecule has 1 saturated carbocycles. The molecular weight excluding hydrogens is 289 g/mol. The number of hydrogen-bond acceptors (Lipinski definition) is 3. The van der Waals surface area contributed by atoms with Gasteiger partial charge in [0.15, 0.2) is 0 Å². The molecule has 1 saturated heterocycles. The van der Waals surface area contributed by atoms with E-state index in [-0.39, 0.29) is 23.0 Å². The van der Waals surface area contributed by atoms with Crippen molar-refractivity contribution in [2.75, 3.05) is 19.7 Å². The van der Waals surface area contributed by atoms with E-state index < -0.39 is 11.8 Å². The number of nitrogens with zero attached hydrogens (tertiary/aromatic N) is 1. The van der Waals surface area contributed by atoms with Crippen molar-refractivity contribution >= 4 is 11.9 Å². The Balaban J connectivity index is 1.66. The largest absolute Gasteiger partial charge is 0.493 e. The Morgan fingerprint density at radius 1 is 1.41 bits per heavy atom. The Hall–Kier alpha value is -2.11. The van der Waals surface area contributed by atoms with Gasteiger partial charge in [0.05, 0.1) is 18.1 Å². The van der Waals surface area contributed by atoms with Gasteiger partial charge in [0.25, 0.3) is 5.91 Å². The van der Waals surface area contributed by atoms with Gasteiger partial charge in [0, 0.05) is 24.6 Å². The summed E-state index contributed by atoms with van der Waals surface area (Å²) in [5.74, 6) is -1.41. The molecule has 0 atom stereocenters. The number of rotatable bonds is 4. The van der Waals surface area contributed by atoms with Crippen molar-refractivity contribution in [3.8, 4) is 5.75 Å². The summed E-state index contributed by atoms with van der Waals surface area (Å²) in [5, 5.41) is 8.93. The summed E-state index contributed by atoms with van der Waals surface area (Å²) < 4.78 is 18.6. The maximum absolute atomic E-state index is 13.3. The van der Waals surface area contributed by atoms with Gasteiger partial charge >= 0.3 is 5.97 Å². The van der Waals surface area contributed by atoms with E-state index in [0.29, 0.717) is 38.1 Å².